The molecule has 90 valence electrons. The van der Waals surface area contributed by atoms with Crippen molar-refractivity contribution in [3.63, 3.8) is 0 Å². The van der Waals surface area contributed by atoms with E-state index in [4.69, 9.17) is 23.2 Å². The molecule has 1 aliphatic rings. The van der Waals surface area contributed by atoms with E-state index in [0.717, 1.165) is 22.8 Å². The molecule has 1 heterocycles. The molecule has 0 spiro atoms. The van der Waals surface area contributed by atoms with E-state index >= 15 is 0 Å². The van der Waals surface area contributed by atoms with E-state index in [-0.39, 0.29) is 0 Å². The zero-order chi connectivity index (χ0) is 12.0. The van der Waals surface area contributed by atoms with Crippen molar-refractivity contribution >= 4 is 34.2 Å². The van der Waals surface area contributed by atoms with E-state index < -0.39 is 0 Å². The third-order valence-corrected chi connectivity index (χ3v) is 4.15. The van der Waals surface area contributed by atoms with Gasteiger partial charge in [0.2, 0.25) is 0 Å². The highest BCUT2D eigenvalue weighted by Gasteiger charge is 2.39. The number of fused-ring (bicyclic) bond motifs is 1. The predicted molar refractivity (Wildman–Crippen MR) is 71.7 cm³/mol. The number of rotatable bonds is 3. The standard InChI is InChI=1S/C13H14Cl2N2/c1-2-8-6-11(8)17-10-5-3-4-9(15)13(10)16-12(17)7-14/h3-5,8,11H,2,6-7H2,1H3. The molecule has 17 heavy (non-hydrogen) atoms. The van der Waals surface area contributed by atoms with Crippen LogP contribution in [0.2, 0.25) is 5.02 Å². The summed E-state index contributed by atoms with van der Waals surface area (Å²) in [6.45, 7) is 2.23. The van der Waals surface area contributed by atoms with Gasteiger partial charge in [0, 0.05) is 6.04 Å². The van der Waals surface area contributed by atoms with E-state index in [0.29, 0.717) is 16.9 Å². The van der Waals surface area contributed by atoms with Gasteiger partial charge in [-0.3, -0.25) is 0 Å². The monoisotopic (exact) mass is 268 g/mol. The number of benzene rings is 1. The first kappa shape index (κ1) is 11.4. The molecule has 0 N–H and O–H groups in total. The molecule has 1 aliphatic carbocycles. The molecule has 0 aliphatic heterocycles. The van der Waals surface area contributed by atoms with Crippen molar-refractivity contribution in [2.24, 2.45) is 5.92 Å². The minimum absolute atomic E-state index is 0.442. The van der Waals surface area contributed by atoms with Gasteiger partial charge in [0.15, 0.2) is 0 Å². The second kappa shape index (κ2) is 4.18. The van der Waals surface area contributed by atoms with Crippen LogP contribution in [0.15, 0.2) is 18.2 Å². The summed E-state index contributed by atoms with van der Waals surface area (Å²) in [5.41, 5.74) is 2.00. The zero-order valence-corrected chi connectivity index (χ0v) is 11.2. The van der Waals surface area contributed by atoms with Crippen LogP contribution in [0, 0.1) is 5.92 Å². The normalized spacial score (nSPS) is 23.2. The largest absolute Gasteiger partial charge is 0.324 e. The van der Waals surface area contributed by atoms with E-state index in [1.165, 1.54) is 12.8 Å². The van der Waals surface area contributed by atoms with Crippen molar-refractivity contribution in [1.29, 1.82) is 0 Å². The van der Waals surface area contributed by atoms with E-state index in [9.17, 15) is 0 Å². The maximum atomic E-state index is 6.18. The number of halogens is 2. The summed E-state index contributed by atoms with van der Waals surface area (Å²) in [6.07, 6.45) is 2.45. The number of nitrogens with zero attached hydrogens (tertiary/aromatic N) is 2. The highest BCUT2D eigenvalue weighted by molar-refractivity contribution is 6.35. The zero-order valence-electron chi connectivity index (χ0n) is 9.66. The summed E-state index contributed by atoms with van der Waals surface area (Å²) in [7, 11) is 0. The highest BCUT2D eigenvalue weighted by Crippen LogP contribution is 2.48. The quantitative estimate of drug-likeness (QED) is 0.755. The summed E-state index contributed by atoms with van der Waals surface area (Å²) >= 11 is 12.2. The van der Waals surface area contributed by atoms with Crippen LogP contribution in [0.3, 0.4) is 0 Å². The fraction of sp³-hybridized carbons (Fsp3) is 0.462. The Bertz CT molecular complexity index is 562. The van der Waals surface area contributed by atoms with Crippen LogP contribution in [0.1, 0.15) is 31.6 Å². The van der Waals surface area contributed by atoms with Crippen LogP contribution < -0.4 is 0 Å². The maximum absolute atomic E-state index is 6.18. The molecule has 2 nitrogen and oxygen atoms in total. The van der Waals surface area contributed by atoms with Gasteiger partial charge < -0.3 is 4.57 Å². The van der Waals surface area contributed by atoms with Crippen LogP contribution in [0.4, 0.5) is 0 Å². The first-order valence-electron chi connectivity index (χ1n) is 5.97. The Morgan fingerprint density at radius 2 is 2.29 bits per heavy atom. The van der Waals surface area contributed by atoms with Crippen LogP contribution in [-0.4, -0.2) is 9.55 Å². The molecule has 2 aromatic rings. The number of imidazole rings is 1. The summed E-state index contributed by atoms with van der Waals surface area (Å²) in [6, 6.07) is 6.50. The minimum Gasteiger partial charge on any atom is -0.324 e. The number of aromatic nitrogens is 2. The molecular formula is C13H14Cl2N2. The van der Waals surface area contributed by atoms with Crippen molar-refractivity contribution in [2.45, 2.75) is 31.7 Å². The van der Waals surface area contributed by atoms with Gasteiger partial charge in [-0.1, -0.05) is 31.0 Å². The van der Waals surface area contributed by atoms with Gasteiger partial charge in [0.05, 0.1) is 16.4 Å². The van der Waals surface area contributed by atoms with Crippen molar-refractivity contribution in [2.75, 3.05) is 0 Å². The first-order valence-corrected chi connectivity index (χ1v) is 6.88. The third-order valence-electron chi connectivity index (χ3n) is 3.60. The topological polar surface area (TPSA) is 17.8 Å². The Hall–Kier alpha value is -0.730. The molecule has 0 radical (unpaired) electrons. The molecule has 3 rings (SSSR count). The SMILES string of the molecule is CCC1CC1n1c(CCl)nc2c(Cl)cccc21. The number of hydrogen-bond acceptors (Lipinski definition) is 1. The third kappa shape index (κ3) is 1.74. The Kier molecular flexibility index (Phi) is 2.80. The average Bonchev–Trinajstić information content (AvgIpc) is 3.02. The fourth-order valence-electron chi connectivity index (χ4n) is 2.58. The van der Waals surface area contributed by atoms with Crippen LogP contribution in [0.25, 0.3) is 11.0 Å². The molecule has 4 heteroatoms. The second-order valence-electron chi connectivity index (χ2n) is 4.61. The molecule has 2 atom stereocenters. The van der Waals surface area contributed by atoms with Crippen LogP contribution in [-0.2, 0) is 5.88 Å². The molecule has 1 aromatic heterocycles. The molecule has 1 aromatic carbocycles. The summed E-state index contributed by atoms with van der Waals surface area (Å²) in [4.78, 5) is 4.56. The molecule has 1 saturated carbocycles. The van der Waals surface area contributed by atoms with Crippen LogP contribution in [0.5, 0.6) is 0 Å². The highest BCUT2D eigenvalue weighted by atomic mass is 35.5. The van der Waals surface area contributed by atoms with Gasteiger partial charge in [-0.25, -0.2) is 4.98 Å². The Labute approximate surface area is 111 Å². The number of alkyl halides is 1. The van der Waals surface area contributed by atoms with Crippen molar-refractivity contribution in [3.8, 4) is 0 Å². The molecule has 0 amide bonds. The fourth-order valence-corrected chi connectivity index (χ4v) is 2.98. The lowest BCUT2D eigenvalue weighted by atomic mass is 10.3. The Morgan fingerprint density at radius 3 is 2.94 bits per heavy atom. The molecule has 0 bridgehead atoms. The Morgan fingerprint density at radius 1 is 1.47 bits per heavy atom. The molecule has 1 fully saturated rings. The summed E-state index contributed by atoms with van der Waals surface area (Å²) in [5, 5.41) is 0.710. The van der Waals surface area contributed by atoms with E-state index in [2.05, 4.69) is 22.5 Å². The van der Waals surface area contributed by atoms with Gasteiger partial charge in [-0.05, 0) is 24.5 Å². The van der Waals surface area contributed by atoms with Gasteiger partial charge >= 0.3 is 0 Å². The van der Waals surface area contributed by atoms with E-state index in [1.54, 1.807) is 0 Å². The van der Waals surface area contributed by atoms with Crippen molar-refractivity contribution < 1.29 is 0 Å². The van der Waals surface area contributed by atoms with Crippen molar-refractivity contribution in [1.82, 2.24) is 9.55 Å². The van der Waals surface area contributed by atoms with Gasteiger partial charge in [-0.2, -0.15) is 0 Å². The lowest BCUT2D eigenvalue weighted by Crippen LogP contribution is -2.01. The lowest BCUT2D eigenvalue weighted by Gasteiger charge is -2.06. The summed E-state index contributed by atoms with van der Waals surface area (Å²) < 4.78 is 2.28. The first-order chi connectivity index (χ1) is 8.26. The predicted octanol–water partition coefficient (Wildman–Crippen LogP) is 4.40. The van der Waals surface area contributed by atoms with Gasteiger partial charge in [-0.15, -0.1) is 11.6 Å². The lowest BCUT2D eigenvalue weighted by molar-refractivity contribution is 0.637. The smallest absolute Gasteiger partial charge is 0.125 e. The van der Waals surface area contributed by atoms with Gasteiger partial charge in [0.25, 0.3) is 0 Å². The Balaban J connectivity index is 2.18. The van der Waals surface area contributed by atoms with Crippen molar-refractivity contribution in [3.05, 3.63) is 29.0 Å². The molecule has 2 unspecified atom stereocenters. The maximum Gasteiger partial charge on any atom is 0.125 e. The second-order valence-corrected chi connectivity index (χ2v) is 5.29. The molecular weight excluding hydrogens is 255 g/mol. The number of hydrogen-bond donors (Lipinski definition) is 0. The minimum atomic E-state index is 0.442. The number of para-hydroxylation sites is 1. The summed E-state index contributed by atoms with van der Waals surface area (Å²) in [5.74, 6) is 2.15. The molecule has 0 saturated heterocycles. The van der Waals surface area contributed by atoms with E-state index in [1.807, 2.05) is 12.1 Å². The van der Waals surface area contributed by atoms with Gasteiger partial charge in [0.1, 0.15) is 11.3 Å². The average molecular weight is 269 g/mol. The van der Waals surface area contributed by atoms with Crippen LogP contribution >= 0.6 is 23.2 Å².